The first-order valence-corrected chi connectivity index (χ1v) is 6.69. The number of hydrogen-bond donors (Lipinski definition) is 0. The SMILES string of the molecule is CCOP(=O)(/N=C/c1ccccc1)OCC. The van der Waals surface area contributed by atoms with Crippen LogP contribution in [0.15, 0.2) is 35.1 Å². The Kier molecular flexibility index (Phi) is 5.39. The molecule has 0 bridgehead atoms. The maximum absolute atomic E-state index is 11.9. The molecule has 0 spiro atoms. The molecule has 0 heterocycles. The van der Waals surface area contributed by atoms with Gasteiger partial charge in [0.25, 0.3) is 0 Å². The Labute approximate surface area is 95.9 Å². The van der Waals surface area contributed by atoms with Crippen LogP contribution in [0.3, 0.4) is 0 Å². The molecule has 0 N–H and O–H groups in total. The molecule has 0 aliphatic heterocycles. The average Bonchev–Trinajstić information content (AvgIpc) is 2.29. The molecule has 4 nitrogen and oxygen atoms in total. The summed E-state index contributed by atoms with van der Waals surface area (Å²) < 4.78 is 25.9. The molecule has 1 aromatic rings. The summed E-state index contributed by atoms with van der Waals surface area (Å²) in [5, 5.41) is 0. The van der Waals surface area contributed by atoms with Crippen molar-refractivity contribution in [1.29, 1.82) is 0 Å². The monoisotopic (exact) mass is 241 g/mol. The summed E-state index contributed by atoms with van der Waals surface area (Å²) in [6.07, 6.45) is 1.51. The van der Waals surface area contributed by atoms with Crippen molar-refractivity contribution in [3.8, 4) is 0 Å². The molecule has 88 valence electrons. The number of hydrogen-bond acceptors (Lipinski definition) is 3. The zero-order chi connectivity index (χ0) is 11.9. The Balaban J connectivity index is 2.75. The fraction of sp³-hybridized carbons (Fsp3) is 0.364. The van der Waals surface area contributed by atoms with Gasteiger partial charge in [-0.3, -0.25) is 9.05 Å². The molecule has 1 rings (SSSR count). The molecule has 0 aliphatic carbocycles. The minimum absolute atomic E-state index is 0.309. The predicted molar refractivity (Wildman–Crippen MR) is 64.9 cm³/mol. The molecule has 0 radical (unpaired) electrons. The lowest BCUT2D eigenvalue weighted by Gasteiger charge is -2.10. The van der Waals surface area contributed by atoms with Gasteiger partial charge in [0.1, 0.15) is 0 Å². The quantitative estimate of drug-likeness (QED) is 0.567. The first-order chi connectivity index (χ1) is 7.70. The van der Waals surface area contributed by atoms with Gasteiger partial charge in [-0.2, -0.15) is 4.76 Å². The molecule has 0 aromatic heterocycles. The van der Waals surface area contributed by atoms with Gasteiger partial charge in [0, 0.05) is 6.21 Å². The zero-order valence-electron chi connectivity index (χ0n) is 9.50. The molecule has 0 fully saturated rings. The second-order valence-corrected chi connectivity index (χ2v) is 4.64. The van der Waals surface area contributed by atoms with E-state index in [1.807, 2.05) is 30.3 Å². The molecule has 0 amide bonds. The van der Waals surface area contributed by atoms with Crippen LogP contribution in [-0.2, 0) is 13.6 Å². The standard InChI is InChI=1S/C11H16NO3P/c1-3-14-16(13,15-4-2)12-10-11-8-6-5-7-9-11/h5-10H,3-4H2,1-2H3/b12-10+. The molecule has 0 saturated heterocycles. The van der Waals surface area contributed by atoms with Crippen molar-refractivity contribution in [3.63, 3.8) is 0 Å². The van der Waals surface area contributed by atoms with Crippen LogP contribution in [0.1, 0.15) is 19.4 Å². The Morgan fingerprint density at radius 2 is 1.75 bits per heavy atom. The van der Waals surface area contributed by atoms with Crippen LogP contribution < -0.4 is 0 Å². The van der Waals surface area contributed by atoms with Gasteiger partial charge in [0.15, 0.2) is 0 Å². The molecule has 0 atom stereocenters. The number of benzene rings is 1. The second kappa shape index (κ2) is 6.59. The molecule has 0 saturated carbocycles. The van der Waals surface area contributed by atoms with Crippen molar-refractivity contribution in [2.24, 2.45) is 4.76 Å². The molecular formula is C11H16NO3P. The minimum Gasteiger partial charge on any atom is -0.291 e. The Bertz CT molecular complexity index is 368. The molecule has 5 heteroatoms. The van der Waals surface area contributed by atoms with E-state index in [2.05, 4.69) is 4.76 Å². The topological polar surface area (TPSA) is 47.9 Å². The highest BCUT2D eigenvalue weighted by Gasteiger charge is 2.20. The van der Waals surface area contributed by atoms with Gasteiger partial charge in [-0.25, -0.2) is 4.57 Å². The third-order valence-corrected chi connectivity index (χ3v) is 3.30. The van der Waals surface area contributed by atoms with Crippen LogP contribution in [0.2, 0.25) is 0 Å². The summed E-state index contributed by atoms with van der Waals surface area (Å²) in [6, 6.07) is 9.40. The largest absolute Gasteiger partial charge is 0.453 e. The van der Waals surface area contributed by atoms with E-state index >= 15 is 0 Å². The Hall–Kier alpha value is -0.960. The summed E-state index contributed by atoms with van der Waals surface area (Å²) in [4.78, 5) is 0. The fourth-order valence-corrected chi connectivity index (χ4v) is 2.24. The predicted octanol–water partition coefficient (Wildman–Crippen LogP) is 3.29. The summed E-state index contributed by atoms with van der Waals surface area (Å²) >= 11 is 0. The van der Waals surface area contributed by atoms with Crippen LogP contribution in [-0.4, -0.2) is 19.4 Å². The van der Waals surface area contributed by atoms with Gasteiger partial charge in [-0.15, -0.1) is 0 Å². The van der Waals surface area contributed by atoms with Crippen molar-refractivity contribution in [1.82, 2.24) is 0 Å². The van der Waals surface area contributed by atoms with Crippen molar-refractivity contribution >= 4 is 14.0 Å². The van der Waals surface area contributed by atoms with E-state index in [-0.39, 0.29) is 0 Å². The van der Waals surface area contributed by atoms with Crippen LogP contribution in [0.4, 0.5) is 0 Å². The van der Waals surface area contributed by atoms with E-state index in [1.165, 1.54) is 6.21 Å². The normalized spacial score (nSPS) is 12.1. The zero-order valence-corrected chi connectivity index (χ0v) is 10.4. The molecule has 0 unspecified atom stereocenters. The Morgan fingerprint density at radius 1 is 1.19 bits per heavy atom. The number of nitrogens with zero attached hydrogens (tertiary/aromatic N) is 1. The molecular weight excluding hydrogens is 225 g/mol. The van der Waals surface area contributed by atoms with E-state index in [1.54, 1.807) is 13.8 Å². The third-order valence-electron chi connectivity index (χ3n) is 1.73. The van der Waals surface area contributed by atoms with Gasteiger partial charge >= 0.3 is 7.75 Å². The Morgan fingerprint density at radius 3 is 2.25 bits per heavy atom. The smallest absolute Gasteiger partial charge is 0.291 e. The summed E-state index contributed by atoms with van der Waals surface area (Å²) in [6.45, 7) is 4.13. The second-order valence-electron chi connectivity index (χ2n) is 2.96. The maximum atomic E-state index is 11.9. The van der Waals surface area contributed by atoms with Gasteiger partial charge in [0.2, 0.25) is 0 Å². The molecule has 16 heavy (non-hydrogen) atoms. The van der Waals surface area contributed by atoms with Crippen molar-refractivity contribution in [3.05, 3.63) is 35.9 Å². The van der Waals surface area contributed by atoms with Gasteiger partial charge in [0.05, 0.1) is 13.2 Å². The highest BCUT2D eigenvalue weighted by molar-refractivity contribution is 7.52. The third kappa shape index (κ3) is 4.27. The van der Waals surface area contributed by atoms with Crippen LogP contribution in [0.5, 0.6) is 0 Å². The maximum Gasteiger partial charge on any atom is 0.453 e. The number of rotatable bonds is 6. The summed E-state index contributed by atoms with van der Waals surface area (Å²) in [5.41, 5.74) is 0.863. The van der Waals surface area contributed by atoms with E-state index in [4.69, 9.17) is 9.05 Å². The lowest BCUT2D eigenvalue weighted by atomic mass is 10.2. The van der Waals surface area contributed by atoms with Crippen molar-refractivity contribution in [2.75, 3.05) is 13.2 Å². The van der Waals surface area contributed by atoms with E-state index < -0.39 is 7.75 Å². The highest BCUT2D eigenvalue weighted by atomic mass is 31.2. The van der Waals surface area contributed by atoms with E-state index in [9.17, 15) is 4.57 Å². The molecule has 1 aromatic carbocycles. The summed E-state index contributed by atoms with van der Waals surface area (Å²) in [7, 11) is -3.32. The lowest BCUT2D eigenvalue weighted by Crippen LogP contribution is -1.93. The molecule has 0 aliphatic rings. The van der Waals surface area contributed by atoms with Gasteiger partial charge in [-0.05, 0) is 19.4 Å². The van der Waals surface area contributed by atoms with Gasteiger partial charge in [-0.1, -0.05) is 30.3 Å². The van der Waals surface area contributed by atoms with Crippen LogP contribution in [0.25, 0.3) is 0 Å². The minimum atomic E-state index is -3.32. The average molecular weight is 241 g/mol. The van der Waals surface area contributed by atoms with Crippen molar-refractivity contribution in [2.45, 2.75) is 13.8 Å². The van der Waals surface area contributed by atoms with E-state index in [0.29, 0.717) is 13.2 Å². The first kappa shape index (κ1) is 13.1. The van der Waals surface area contributed by atoms with Crippen molar-refractivity contribution < 1.29 is 13.6 Å². The highest BCUT2D eigenvalue weighted by Crippen LogP contribution is 2.49. The van der Waals surface area contributed by atoms with Gasteiger partial charge < -0.3 is 0 Å². The fourth-order valence-electron chi connectivity index (χ4n) is 1.11. The van der Waals surface area contributed by atoms with E-state index in [0.717, 1.165) is 5.56 Å². The lowest BCUT2D eigenvalue weighted by molar-refractivity contribution is 0.221. The van der Waals surface area contributed by atoms with Crippen LogP contribution >= 0.6 is 7.75 Å². The van der Waals surface area contributed by atoms with Crippen LogP contribution in [0, 0.1) is 0 Å². The summed E-state index contributed by atoms with van der Waals surface area (Å²) in [5.74, 6) is 0. The first-order valence-electron chi connectivity index (χ1n) is 5.20.